The summed E-state index contributed by atoms with van der Waals surface area (Å²) in [6, 6.07) is 0. The van der Waals surface area contributed by atoms with Gasteiger partial charge in [0.2, 0.25) is 0 Å². The van der Waals surface area contributed by atoms with Crippen LogP contribution in [0.5, 0.6) is 0 Å². The summed E-state index contributed by atoms with van der Waals surface area (Å²) < 4.78 is 4.63. The Morgan fingerprint density at radius 3 is 0.750 bits per heavy atom. The van der Waals surface area contributed by atoms with E-state index in [2.05, 4.69) is 4.74 Å². The third kappa shape index (κ3) is 524. The van der Waals surface area contributed by atoms with Crippen molar-refractivity contribution in [2.45, 2.75) is 79.8 Å². The van der Waals surface area contributed by atoms with Gasteiger partial charge in [-0.05, 0) is 55.4 Å². The fourth-order valence-electron chi connectivity index (χ4n) is 0.231. The summed E-state index contributed by atoms with van der Waals surface area (Å²) in [4.78, 5) is 0. The Labute approximate surface area is 163 Å². The summed E-state index contributed by atoms with van der Waals surface area (Å²) in [5.74, 6) is 0. The molecule has 0 aliphatic heterocycles. The standard InChI is InChI=1S/C4H10O3.4C3H8O.Ti/c5-1-3-7-4-2-6;4*1-3(2)4;/h5-6H,1-4H2;4*3-4H,1-2H3;. The summed E-state index contributed by atoms with van der Waals surface area (Å²) >= 11 is 0. The second kappa shape index (κ2) is 38.8. The fraction of sp³-hybridized carbons (Fsp3) is 1.00. The molecule has 0 aromatic carbocycles. The first-order valence-corrected chi connectivity index (χ1v) is 7.86. The minimum Gasteiger partial charge on any atom is -0.394 e. The Kier molecular flexibility index (Phi) is 63.8. The molecule has 0 heterocycles. The van der Waals surface area contributed by atoms with Crippen molar-refractivity contribution in [2.75, 3.05) is 26.4 Å². The third-order valence-electron chi connectivity index (χ3n) is 0.471. The molecule has 0 radical (unpaired) electrons. The summed E-state index contributed by atoms with van der Waals surface area (Å²) in [5, 5.41) is 48.4. The normalized spacial score (nSPS) is 8.75. The predicted molar refractivity (Wildman–Crippen MR) is 94.4 cm³/mol. The number of hydrogen-bond donors (Lipinski definition) is 6. The van der Waals surface area contributed by atoms with Crippen LogP contribution in [0.25, 0.3) is 0 Å². The molecule has 0 aromatic heterocycles. The SMILES string of the molecule is CC(C)O.CC(C)O.CC(C)O.CC(C)O.OCCOCCO.[Ti]. The van der Waals surface area contributed by atoms with E-state index in [0.717, 1.165) is 0 Å². The molecule has 0 saturated heterocycles. The van der Waals surface area contributed by atoms with Gasteiger partial charge in [0.25, 0.3) is 0 Å². The minimum absolute atomic E-state index is 0. The van der Waals surface area contributed by atoms with Crippen LogP contribution in [0.3, 0.4) is 0 Å². The van der Waals surface area contributed by atoms with E-state index < -0.39 is 0 Å². The van der Waals surface area contributed by atoms with Gasteiger partial charge in [0, 0.05) is 46.1 Å². The fourth-order valence-corrected chi connectivity index (χ4v) is 0.231. The first-order chi connectivity index (χ1) is 10.3. The summed E-state index contributed by atoms with van der Waals surface area (Å²) in [6.45, 7) is 14.5. The molecule has 0 aliphatic carbocycles. The smallest absolute Gasteiger partial charge is 0.0698 e. The van der Waals surface area contributed by atoms with E-state index in [1.807, 2.05) is 0 Å². The van der Waals surface area contributed by atoms with Crippen LogP contribution in [0, 0.1) is 0 Å². The number of hydrogen-bond acceptors (Lipinski definition) is 7. The van der Waals surface area contributed by atoms with Crippen molar-refractivity contribution in [3.05, 3.63) is 0 Å². The van der Waals surface area contributed by atoms with E-state index in [-0.39, 0.29) is 59.3 Å². The Bertz CT molecular complexity index is 118. The Hall–Kier alpha value is 0.434. The molecule has 0 spiro atoms. The van der Waals surface area contributed by atoms with Gasteiger partial charge in [0.1, 0.15) is 0 Å². The second-order valence-electron chi connectivity index (χ2n) is 5.43. The van der Waals surface area contributed by atoms with Crippen molar-refractivity contribution >= 4 is 0 Å². The molecule has 6 N–H and O–H groups in total. The quantitative estimate of drug-likeness (QED) is 0.303. The van der Waals surface area contributed by atoms with E-state index in [4.69, 9.17) is 30.6 Å². The van der Waals surface area contributed by atoms with E-state index >= 15 is 0 Å². The molecule has 24 heavy (non-hydrogen) atoms. The third-order valence-corrected chi connectivity index (χ3v) is 0.471. The van der Waals surface area contributed by atoms with Gasteiger partial charge in [-0.3, -0.25) is 0 Å². The van der Waals surface area contributed by atoms with Gasteiger partial charge < -0.3 is 35.4 Å². The van der Waals surface area contributed by atoms with E-state index in [1.54, 1.807) is 55.4 Å². The molecule has 0 fully saturated rings. The van der Waals surface area contributed by atoms with E-state index in [9.17, 15) is 0 Å². The summed E-state index contributed by atoms with van der Waals surface area (Å²) in [5.41, 5.74) is 0. The van der Waals surface area contributed by atoms with Crippen LogP contribution < -0.4 is 0 Å². The maximum atomic E-state index is 8.09. The Morgan fingerprint density at radius 2 is 0.667 bits per heavy atom. The van der Waals surface area contributed by atoms with Gasteiger partial charge in [0.15, 0.2) is 0 Å². The maximum Gasteiger partial charge on any atom is 0.0698 e. The molecular weight excluding hydrogens is 352 g/mol. The summed E-state index contributed by atoms with van der Waals surface area (Å²) in [6.07, 6.45) is -0.667. The molecule has 8 heteroatoms. The molecule has 7 nitrogen and oxygen atoms in total. The predicted octanol–water partition coefficient (Wildman–Crippen LogP) is 0.533. The topological polar surface area (TPSA) is 131 Å². The molecule has 0 amide bonds. The zero-order valence-electron chi connectivity index (χ0n) is 16.7. The molecule has 0 saturated carbocycles. The molecule has 0 bridgehead atoms. The average molecular weight is 394 g/mol. The average Bonchev–Trinajstić information content (AvgIpc) is 2.26. The summed E-state index contributed by atoms with van der Waals surface area (Å²) in [7, 11) is 0. The Balaban J connectivity index is -0.0000000429. The van der Waals surface area contributed by atoms with Crippen LogP contribution in [0.1, 0.15) is 55.4 Å². The molecular formula is C16H42O7Ti. The van der Waals surface area contributed by atoms with E-state index in [0.29, 0.717) is 13.2 Å². The van der Waals surface area contributed by atoms with Gasteiger partial charge in [0.05, 0.1) is 26.4 Å². The van der Waals surface area contributed by atoms with Gasteiger partial charge in [-0.1, -0.05) is 0 Å². The van der Waals surface area contributed by atoms with Crippen LogP contribution in [0.15, 0.2) is 0 Å². The number of rotatable bonds is 4. The van der Waals surface area contributed by atoms with Gasteiger partial charge in [-0.15, -0.1) is 0 Å². The first-order valence-electron chi connectivity index (χ1n) is 7.86. The minimum atomic E-state index is -0.167. The monoisotopic (exact) mass is 394 g/mol. The number of aliphatic hydroxyl groups excluding tert-OH is 6. The molecule has 152 valence electrons. The molecule has 0 atom stereocenters. The van der Waals surface area contributed by atoms with Crippen LogP contribution in [0.4, 0.5) is 0 Å². The number of aliphatic hydroxyl groups is 6. The first kappa shape index (κ1) is 39.5. The van der Waals surface area contributed by atoms with Crippen molar-refractivity contribution in [1.82, 2.24) is 0 Å². The van der Waals surface area contributed by atoms with E-state index in [1.165, 1.54) is 0 Å². The van der Waals surface area contributed by atoms with Crippen LogP contribution in [-0.4, -0.2) is 81.5 Å². The van der Waals surface area contributed by atoms with Crippen molar-refractivity contribution in [1.29, 1.82) is 0 Å². The zero-order valence-corrected chi connectivity index (χ0v) is 18.3. The largest absolute Gasteiger partial charge is 0.394 e. The van der Waals surface area contributed by atoms with Crippen molar-refractivity contribution < 1.29 is 57.1 Å². The second-order valence-corrected chi connectivity index (χ2v) is 5.43. The number of ether oxygens (including phenoxy) is 1. The Morgan fingerprint density at radius 1 is 0.542 bits per heavy atom. The molecule has 0 aliphatic rings. The van der Waals surface area contributed by atoms with Gasteiger partial charge in [-0.25, -0.2) is 0 Å². The molecule has 0 aromatic rings. The van der Waals surface area contributed by atoms with Gasteiger partial charge in [-0.2, -0.15) is 0 Å². The van der Waals surface area contributed by atoms with Crippen LogP contribution in [-0.2, 0) is 26.5 Å². The van der Waals surface area contributed by atoms with Crippen molar-refractivity contribution in [2.24, 2.45) is 0 Å². The maximum absolute atomic E-state index is 8.09. The van der Waals surface area contributed by atoms with Crippen LogP contribution in [0.2, 0.25) is 0 Å². The van der Waals surface area contributed by atoms with Crippen LogP contribution >= 0.6 is 0 Å². The van der Waals surface area contributed by atoms with Gasteiger partial charge >= 0.3 is 0 Å². The molecule has 0 rings (SSSR count). The zero-order chi connectivity index (χ0) is 19.8. The van der Waals surface area contributed by atoms with Crippen molar-refractivity contribution in [3.8, 4) is 0 Å². The van der Waals surface area contributed by atoms with Crippen molar-refractivity contribution in [3.63, 3.8) is 0 Å². The molecule has 0 unspecified atom stereocenters.